The Morgan fingerprint density at radius 1 is 1.70 bits per heavy atom. The highest BCUT2D eigenvalue weighted by atomic mass is 16.5. The summed E-state index contributed by atoms with van der Waals surface area (Å²) in [5.41, 5.74) is 1.37. The summed E-state index contributed by atoms with van der Waals surface area (Å²) in [6.45, 7) is 2.09. The monoisotopic (exact) mass is 142 g/mol. The minimum atomic E-state index is -0.272. The molecule has 1 aliphatic heterocycles. The smallest absolute Gasteiger partial charge is 0.334 e. The van der Waals surface area contributed by atoms with Crippen LogP contribution in [-0.4, -0.2) is 24.3 Å². The molecule has 0 saturated heterocycles. The number of aliphatic hydroxyl groups is 1. The van der Waals surface area contributed by atoms with Gasteiger partial charge in [-0.15, -0.1) is 0 Å². The molecule has 0 fully saturated rings. The Morgan fingerprint density at radius 2 is 2.40 bits per heavy atom. The van der Waals surface area contributed by atoms with Crippen molar-refractivity contribution in [2.75, 3.05) is 13.2 Å². The standard InChI is InChI=1S/C7H10O3/c1-2-6-5(3-8)4-10-7(6)9/h8H,2-4H2,1H3. The largest absolute Gasteiger partial charge is 0.458 e. The Kier molecular flexibility index (Phi) is 2.06. The Bertz CT molecular complexity index is 181. The van der Waals surface area contributed by atoms with E-state index in [4.69, 9.17) is 5.11 Å². The third-order valence-corrected chi connectivity index (χ3v) is 1.60. The van der Waals surface area contributed by atoms with Crippen LogP contribution >= 0.6 is 0 Å². The van der Waals surface area contributed by atoms with E-state index in [-0.39, 0.29) is 19.2 Å². The lowest BCUT2D eigenvalue weighted by Crippen LogP contribution is -1.97. The maximum absolute atomic E-state index is 10.8. The van der Waals surface area contributed by atoms with Crippen molar-refractivity contribution in [3.8, 4) is 0 Å². The Hall–Kier alpha value is -0.830. The second-order valence-corrected chi connectivity index (χ2v) is 2.17. The van der Waals surface area contributed by atoms with Gasteiger partial charge in [0, 0.05) is 11.1 Å². The van der Waals surface area contributed by atoms with E-state index < -0.39 is 0 Å². The van der Waals surface area contributed by atoms with Crippen LogP contribution in [0.4, 0.5) is 0 Å². The van der Waals surface area contributed by atoms with Gasteiger partial charge in [0.2, 0.25) is 0 Å². The Morgan fingerprint density at radius 3 is 2.80 bits per heavy atom. The summed E-state index contributed by atoms with van der Waals surface area (Å²) in [6.07, 6.45) is 0.648. The molecule has 56 valence electrons. The number of esters is 1. The third-order valence-electron chi connectivity index (χ3n) is 1.60. The van der Waals surface area contributed by atoms with Crippen LogP contribution in [0.15, 0.2) is 11.1 Å². The fourth-order valence-electron chi connectivity index (χ4n) is 1.01. The number of ether oxygens (including phenoxy) is 1. The lowest BCUT2D eigenvalue weighted by atomic mass is 10.1. The van der Waals surface area contributed by atoms with Gasteiger partial charge in [-0.25, -0.2) is 4.79 Å². The normalized spacial score (nSPS) is 18.0. The molecule has 0 atom stereocenters. The zero-order valence-electron chi connectivity index (χ0n) is 5.89. The van der Waals surface area contributed by atoms with Crippen molar-refractivity contribution in [2.24, 2.45) is 0 Å². The lowest BCUT2D eigenvalue weighted by molar-refractivity contribution is -0.136. The van der Waals surface area contributed by atoms with Gasteiger partial charge in [0.15, 0.2) is 0 Å². The summed E-state index contributed by atoms with van der Waals surface area (Å²) in [7, 11) is 0. The molecule has 10 heavy (non-hydrogen) atoms. The molecule has 1 N–H and O–H groups in total. The molecular formula is C7H10O3. The maximum Gasteiger partial charge on any atom is 0.334 e. The fourth-order valence-corrected chi connectivity index (χ4v) is 1.01. The van der Waals surface area contributed by atoms with Crippen molar-refractivity contribution < 1.29 is 14.6 Å². The van der Waals surface area contributed by atoms with Gasteiger partial charge in [-0.1, -0.05) is 6.92 Å². The highest BCUT2D eigenvalue weighted by molar-refractivity contribution is 5.91. The van der Waals surface area contributed by atoms with E-state index >= 15 is 0 Å². The molecule has 1 aliphatic rings. The first kappa shape index (κ1) is 7.28. The zero-order chi connectivity index (χ0) is 7.56. The van der Waals surface area contributed by atoms with Crippen LogP contribution in [0, 0.1) is 0 Å². The average Bonchev–Trinajstić information content (AvgIpc) is 2.30. The van der Waals surface area contributed by atoms with Crippen LogP contribution in [0.3, 0.4) is 0 Å². The van der Waals surface area contributed by atoms with Gasteiger partial charge in [0.1, 0.15) is 6.61 Å². The summed E-state index contributed by atoms with van der Waals surface area (Å²) in [5, 5.41) is 8.70. The predicted molar refractivity (Wildman–Crippen MR) is 35.4 cm³/mol. The molecule has 3 nitrogen and oxygen atoms in total. The molecule has 0 spiro atoms. The number of hydrogen-bond acceptors (Lipinski definition) is 3. The SMILES string of the molecule is CCC1=C(CO)COC1=O. The van der Waals surface area contributed by atoms with E-state index in [1.807, 2.05) is 6.92 Å². The van der Waals surface area contributed by atoms with Gasteiger partial charge in [-0.05, 0) is 6.42 Å². The van der Waals surface area contributed by atoms with Crippen LogP contribution in [0.2, 0.25) is 0 Å². The van der Waals surface area contributed by atoms with Crippen molar-refractivity contribution in [3.05, 3.63) is 11.1 Å². The maximum atomic E-state index is 10.8. The van der Waals surface area contributed by atoms with Crippen molar-refractivity contribution in [3.63, 3.8) is 0 Å². The van der Waals surface area contributed by atoms with Crippen molar-refractivity contribution in [1.29, 1.82) is 0 Å². The second kappa shape index (κ2) is 2.84. The zero-order valence-corrected chi connectivity index (χ0v) is 5.89. The quantitative estimate of drug-likeness (QED) is 0.562. The van der Waals surface area contributed by atoms with E-state index in [9.17, 15) is 4.79 Å². The molecule has 0 amide bonds. The number of carbonyl (C=O) groups is 1. The number of cyclic esters (lactones) is 1. The van der Waals surface area contributed by atoms with Crippen LogP contribution in [0.5, 0.6) is 0 Å². The van der Waals surface area contributed by atoms with Crippen LogP contribution < -0.4 is 0 Å². The molecule has 0 aromatic carbocycles. The highest BCUT2D eigenvalue weighted by Crippen LogP contribution is 2.17. The van der Waals surface area contributed by atoms with Crippen LogP contribution in [-0.2, 0) is 9.53 Å². The van der Waals surface area contributed by atoms with E-state index in [0.29, 0.717) is 12.0 Å². The van der Waals surface area contributed by atoms with Gasteiger partial charge in [0.05, 0.1) is 6.61 Å². The molecule has 0 radical (unpaired) electrons. The molecule has 0 saturated carbocycles. The molecule has 1 rings (SSSR count). The highest BCUT2D eigenvalue weighted by Gasteiger charge is 2.21. The van der Waals surface area contributed by atoms with Gasteiger partial charge >= 0.3 is 5.97 Å². The van der Waals surface area contributed by atoms with Gasteiger partial charge in [-0.2, -0.15) is 0 Å². The average molecular weight is 142 g/mol. The van der Waals surface area contributed by atoms with E-state index in [1.54, 1.807) is 0 Å². The molecule has 0 bridgehead atoms. The number of hydrogen-bond donors (Lipinski definition) is 1. The van der Waals surface area contributed by atoms with Crippen molar-refractivity contribution in [2.45, 2.75) is 13.3 Å². The third kappa shape index (κ3) is 1.04. The minimum Gasteiger partial charge on any atom is -0.458 e. The first-order chi connectivity index (χ1) is 4.79. The Labute approximate surface area is 59.3 Å². The number of rotatable bonds is 2. The van der Waals surface area contributed by atoms with Crippen molar-refractivity contribution in [1.82, 2.24) is 0 Å². The second-order valence-electron chi connectivity index (χ2n) is 2.17. The summed E-state index contributed by atoms with van der Waals surface area (Å²) >= 11 is 0. The van der Waals surface area contributed by atoms with Gasteiger partial charge in [-0.3, -0.25) is 0 Å². The summed E-state index contributed by atoms with van der Waals surface area (Å²) in [5.74, 6) is -0.272. The van der Waals surface area contributed by atoms with E-state index in [0.717, 1.165) is 5.57 Å². The summed E-state index contributed by atoms with van der Waals surface area (Å²) in [4.78, 5) is 10.8. The molecule has 0 aromatic heterocycles. The first-order valence-corrected chi connectivity index (χ1v) is 3.28. The molecule has 0 unspecified atom stereocenters. The first-order valence-electron chi connectivity index (χ1n) is 3.28. The van der Waals surface area contributed by atoms with E-state index in [1.165, 1.54) is 0 Å². The summed E-state index contributed by atoms with van der Waals surface area (Å²) < 4.78 is 4.69. The molecule has 0 aromatic rings. The number of carbonyl (C=O) groups excluding carboxylic acids is 1. The number of aliphatic hydroxyl groups excluding tert-OH is 1. The van der Waals surface area contributed by atoms with E-state index in [2.05, 4.69) is 4.74 Å². The van der Waals surface area contributed by atoms with Crippen LogP contribution in [0.1, 0.15) is 13.3 Å². The topological polar surface area (TPSA) is 46.5 Å². The van der Waals surface area contributed by atoms with Crippen LogP contribution in [0.25, 0.3) is 0 Å². The van der Waals surface area contributed by atoms with Gasteiger partial charge in [0.25, 0.3) is 0 Å². The van der Waals surface area contributed by atoms with Gasteiger partial charge < -0.3 is 9.84 Å². The lowest BCUT2D eigenvalue weighted by Gasteiger charge is -1.92. The molecule has 3 heteroatoms. The molecule has 1 heterocycles. The minimum absolute atomic E-state index is 0.0606. The van der Waals surface area contributed by atoms with Crippen molar-refractivity contribution >= 4 is 5.97 Å². The molecular weight excluding hydrogens is 132 g/mol. The fraction of sp³-hybridized carbons (Fsp3) is 0.571. The molecule has 0 aliphatic carbocycles. The summed E-state index contributed by atoms with van der Waals surface area (Å²) in [6, 6.07) is 0. The Balaban J connectivity index is 2.81. The predicted octanol–water partition coefficient (Wildman–Crippen LogP) is 0.242.